The molecule has 0 saturated carbocycles. The van der Waals surface area contributed by atoms with Crippen molar-refractivity contribution in [1.29, 1.82) is 0 Å². The van der Waals surface area contributed by atoms with Crippen LogP contribution >= 0.6 is 0 Å². The molecule has 4 heteroatoms. The fourth-order valence-corrected chi connectivity index (χ4v) is 1.85. The van der Waals surface area contributed by atoms with Crippen LogP contribution in [0.1, 0.15) is 61.3 Å². The predicted octanol–water partition coefficient (Wildman–Crippen LogP) is 3.32. The number of carbonyl (C=O) groups is 1. The largest absolute Gasteiger partial charge is 0.444 e. The zero-order valence-corrected chi connectivity index (χ0v) is 13.7. The van der Waals surface area contributed by atoms with Crippen LogP contribution in [0.3, 0.4) is 0 Å². The molecule has 4 nitrogen and oxygen atoms in total. The molecule has 114 valence electrons. The van der Waals surface area contributed by atoms with E-state index >= 15 is 0 Å². The fourth-order valence-electron chi connectivity index (χ4n) is 1.85. The highest BCUT2D eigenvalue weighted by Gasteiger charge is 2.24. The Morgan fingerprint density at radius 3 is 2.26 bits per heavy atom. The molecule has 0 fully saturated rings. The van der Waals surface area contributed by atoms with E-state index in [0.29, 0.717) is 5.92 Å². The maximum Gasteiger partial charge on any atom is 0.408 e. The van der Waals surface area contributed by atoms with Gasteiger partial charge >= 0.3 is 6.09 Å². The first-order valence-electron chi connectivity index (χ1n) is 7.27. The number of hydrogen-bond acceptors (Lipinski definition) is 3. The van der Waals surface area contributed by atoms with E-state index in [4.69, 9.17) is 4.74 Å². The maximum absolute atomic E-state index is 11.7. The molecular weight excluding hydrogens is 240 g/mol. The highest BCUT2D eigenvalue weighted by atomic mass is 16.6. The molecule has 0 radical (unpaired) electrons. The van der Waals surface area contributed by atoms with Gasteiger partial charge in [0.2, 0.25) is 0 Å². The van der Waals surface area contributed by atoms with E-state index < -0.39 is 5.60 Å². The lowest BCUT2D eigenvalue weighted by Gasteiger charge is -2.29. The summed E-state index contributed by atoms with van der Waals surface area (Å²) in [5, 5.41) is 6.30. The predicted molar refractivity (Wildman–Crippen MR) is 80.4 cm³/mol. The van der Waals surface area contributed by atoms with Gasteiger partial charge in [-0.05, 0) is 53.5 Å². The molecule has 0 aromatic heterocycles. The van der Waals surface area contributed by atoms with Crippen LogP contribution in [0.2, 0.25) is 0 Å². The van der Waals surface area contributed by atoms with Gasteiger partial charge in [0.1, 0.15) is 5.60 Å². The number of hydrogen-bond donors (Lipinski definition) is 2. The molecule has 0 rings (SSSR count). The van der Waals surface area contributed by atoms with Gasteiger partial charge < -0.3 is 15.4 Å². The van der Waals surface area contributed by atoms with Crippen LogP contribution in [0.5, 0.6) is 0 Å². The molecular formula is C15H32N2O2. The molecule has 1 unspecified atom stereocenters. The lowest BCUT2D eigenvalue weighted by atomic mass is 10.0. The third-order valence-corrected chi connectivity index (χ3v) is 2.68. The third-order valence-electron chi connectivity index (χ3n) is 2.68. The molecule has 2 N–H and O–H groups in total. The monoisotopic (exact) mass is 272 g/mol. The Hall–Kier alpha value is -0.770. The Kier molecular flexibility index (Phi) is 7.42. The lowest BCUT2D eigenvalue weighted by Crippen LogP contribution is -2.52. The van der Waals surface area contributed by atoms with Gasteiger partial charge in [0.05, 0.1) is 5.54 Å². The van der Waals surface area contributed by atoms with Crippen LogP contribution in [0.15, 0.2) is 0 Å². The average molecular weight is 272 g/mol. The molecule has 19 heavy (non-hydrogen) atoms. The smallest absolute Gasteiger partial charge is 0.408 e. The van der Waals surface area contributed by atoms with E-state index in [-0.39, 0.29) is 11.6 Å². The van der Waals surface area contributed by atoms with E-state index in [1.54, 1.807) is 0 Å². The lowest BCUT2D eigenvalue weighted by molar-refractivity contribution is 0.0472. The van der Waals surface area contributed by atoms with Crippen molar-refractivity contribution in [2.75, 3.05) is 13.1 Å². The van der Waals surface area contributed by atoms with Gasteiger partial charge in [-0.3, -0.25) is 0 Å². The van der Waals surface area contributed by atoms with E-state index in [1.165, 1.54) is 12.8 Å². The Labute approximate surface area is 118 Å². The molecule has 0 saturated heterocycles. The zero-order chi connectivity index (χ0) is 15.1. The van der Waals surface area contributed by atoms with Gasteiger partial charge in [-0.25, -0.2) is 4.79 Å². The second kappa shape index (κ2) is 7.73. The highest BCUT2D eigenvalue weighted by molar-refractivity contribution is 5.68. The number of ether oxygens (including phenoxy) is 1. The third kappa shape index (κ3) is 10.8. The molecule has 0 heterocycles. The standard InChI is InChI=1S/C15H32N2O2/c1-8-9-12(2)10-16-11-15(6,7)17-13(18)19-14(3,4)5/h12,16H,8-11H2,1-7H3,(H,17,18). The number of nitrogens with one attached hydrogen (secondary N) is 2. The summed E-state index contributed by atoms with van der Waals surface area (Å²) >= 11 is 0. The van der Waals surface area contributed by atoms with Gasteiger partial charge in [-0.15, -0.1) is 0 Å². The van der Waals surface area contributed by atoms with E-state index in [9.17, 15) is 4.79 Å². The molecule has 0 aliphatic heterocycles. The Balaban J connectivity index is 4.01. The van der Waals surface area contributed by atoms with Crippen LogP contribution in [-0.2, 0) is 4.74 Å². The molecule has 0 bridgehead atoms. The van der Waals surface area contributed by atoms with E-state index in [2.05, 4.69) is 24.5 Å². The number of carbonyl (C=O) groups excluding carboxylic acids is 1. The Morgan fingerprint density at radius 2 is 1.79 bits per heavy atom. The minimum absolute atomic E-state index is 0.311. The molecule has 0 aromatic carbocycles. The molecule has 0 aromatic rings. The second-order valence-corrected chi connectivity index (χ2v) is 7.04. The molecule has 0 aliphatic rings. The van der Waals surface area contributed by atoms with Crippen molar-refractivity contribution in [2.24, 2.45) is 5.92 Å². The summed E-state index contributed by atoms with van der Waals surface area (Å²) < 4.78 is 5.26. The number of alkyl carbamates (subject to hydrolysis) is 1. The number of rotatable bonds is 7. The van der Waals surface area contributed by atoms with E-state index in [0.717, 1.165) is 13.1 Å². The van der Waals surface area contributed by atoms with Crippen LogP contribution in [0, 0.1) is 5.92 Å². The van der Waals surface area contributed by atoms with Crippen molar-refractivity contribution in [2.45, 2.75) is 72.4 Å². The molecule has 1 amide bonds. The normalized spacial score (nSPS) is 14.1. The minimum atomic E-state index is -0.455. The first-order valence-corrected chi connectivity index (χ1v) is 7.27. The minimum Gasteiger partial charge on any atom is -0.444 e. The van der Waals surface area contributed by atoms with E-state index in [1.807, 2.05) is 34.6 Å². The van der Waals surface area contributed by atoms with Crippen molar-refractivity contribution in [3.63, 3.8) is 0 Å². The summed E-state index contributed by atoms with van der Waals surface area (Å²) in [6.45, 7) is 15.7. The average Bonchev–Trinajstić information content (AvgIpc) is 2.12. The highest BCUT2D eigenvalue weighted by Crippen LogP contribution is 2.09. The summed E-state index contributed by atoms with van der Waals surface area (Å²) in [6.07, 6.45) is 2.08. The topological polar surface area (TPSA) is 50.4 Å². The SMILES string of the molecule is CCCC(C)CNCC(C)(C)NC(=O)OC(C)(C)C. The molecule has 1 atom stereocenters. The van der Waals surface area contributed by atoms with Gasteiger partial charge in [-0.1, -0.05) is 20.3 Å². The van der Waals surface area contributed by atoms with Crippen molar-refractivity contribution >= 4 is 6.09 Å². The van der Waals surface area contributed by atoms with Crippen LogP contribution in [-0.4, -0.2) is 30.3 Å². The van der Waals surface area contributed by atoms with Crippen LogP contribution < -0.4 is 10.6 Å². The van der Waals surface area contributed by atoms with Gasteiger partial charge in [0.15, 0.2) is 0 Å². The zero-order valence-electron chi connectivity index (χ0n) is 13.7. The quantitative estimate of drug-likeness (QED) is 0.747. The summed E-state index contributed by atoms with van der Waals surface area (Å²) in [7, 11) is 0. The van der Waals surface area contributed by atoms with Crippen LogP contribution in [0.4, 0.5) is 4.79 Å². The van der Waals surface area contributed by atoms with Crippen molar-refractivity contribution in [1.82, 2.24) is 10.6 Å². The second-order valence-electron chi connectivity index (χ2n) is 7.04. The van der Waals surface area contributed by atoms with Crippen molar-refractivity contribution in [3.05, 3.63) is 0 Å². The van der Waals surface area contributed by atoms with Crippen molar-refractivity contribution in [3.8, 4) is 0 Å². The van der Waals surface area contributed by atoms with Gasteiger partial charge in [-0.2, -0.15) is 0 Å². The summed E-state index contributed by atoms with van der Waals surface area (Å²) in [6, 6.07) is 0. The molecule has 0 spiro atoms. The Bertz CT molecular complexity index is 270. The summed E-state index contributed by atoms with van der Waals surface area (Å²) in [5.41, 5.74) is -0.766. The molecule has 0 aliphatic carbocycles. The van der Waals surface area contributed by atoms with Crippen LogP contribution in [0.25, 0.3) is 0 Å². The van der Waals surface area contributed by atoms with Gasteiger partial charge in [0, 0.05) is 6.54 Å². The first kappa shape index (κ1) is 18.2. The van der Waals surface area contributed by atoms with Gasteiger partial charge in [0.25, 0.3) is 0 Å². The Morgan fingerprint density at radius 1 is 1.21 bits per heavy atom. The number of amides is 1. The maximum atomic E-state index is 11.7. The fraction of sp³-hybridized carbons (Fsp3) is 0.933. The summed E-state index contributed by atoms with van der Waals surface area (Å²) in [4.78, 5) is 11.7. The first-order chi connectivity index (χ1) is 8.56. The summed E-state index contributed by atoms with van der Waals surface area (Å²) in [5.74, 6) is 0.669. The van der Waals surface area contributed by atoms with Crippen molar-refractivity contribution < 1.29 is 9.53 Å².